The number of nitrogens with two attached hydrogens (primary N) is 1. The van der Waals surface area contributed by atoms with Gasteiger partial charge >= 0.3 is 6.09 Å². The van der Waals surface area contributed by atoms with E-state index in [1.54, 1.807) is 0 Å². The van der Waals surface area contributed by atoms with Gasteiger partial charge in [0.25, 0.3) is 11.8 Å². The smallest absolute Gasteiger partial charge is 0.405 e. The van der Waals surface area contributed by atoms with Crippen LogP contribution in [0.15, 0.2) is 12.3 Å². The Kier molecular flexibility index (Phi) is 4.95. The number of primary amides is 1. The Morgan fingerprint density at radius 3 is 2.70 bits per heavy atom. The first-order chi connectivity index (χ1) is 12.7. The molecule has 2 heterocycles. The predicted molar refractivity (Wildman–Crippen MR) is 98.8 cm³/mol. The SMILES string of the molecule is C[C@H](NC(=O)c1cnc(C(N)=O)cc1N1CCC(C)(NC(=O)O)C1)C1CC1. The summed E-state index contributed by atoms with van der Waals surface area (Å²) in [5.41, 5.74) is 5.66. The average molecular weight is 375 g/mol. The van der Waals surface area contributed by atoms with Crippen molar-refractivity contribution in [2.45, 2.75) is 44.7 Å². The second-order valence-electron chi connectivity index (χ2n) is 7.71. The van der Waals surface area contributed by atoms with Crippen molar-refractivity contribution in [3.8, 4) is 0 Å². The van der Waals surface area contributed by atoms with Crippen molar-refractivity contribution < 1.29 is 19.5 Å². The molecule has 5 N–H and O–H groups in total. The minimum Gasteiger partial charge on any atom is -0.465 e. The zero-order valence-electron chi connectivity index (χ0n) is 15.5. The van der Waals surface area contributed by atoms with Crippen LogP contribution in [-0.4, -0.2) is 52.7 Å². The summed E-state index contributed by atoms with van der Waals surface area (Å²) in [6, 6.07) is 1.57. The fourth-order valence-electron chi connectivity index (χ4n) is 3.54. The summed E-state index contributed by atoms with van der Waals surface area (Å²) in [5, 5.41) is 14.6. The topological polar surface area (TPSA) is 138 Å². The number of carboxylic acid groups (broad SMARTS) is 1. The number of pyridine rings is 1. The van der Waals surface area contributed by atoms with Gasteiger partial charge in [0.05, 0.1) is 16.8 Å². The van der Waals surface area contributed by atoms with Crippen molar-refractivity contribution in [3.05, 3.63) is 23.5 Å². The lowest BCUT2D eigenvalue weighted by Crippen LogP contribution is -2.47. The van der Waals surface area contributed by atoms with Gasteiger partial charge in [-0.15, -0.1) is 0 Å². The first-order valence-corrected chi connectivity index (χ1v) is 9.05. The first kappa shape index (κ1) is 18.9. The van der Waals surface area contributed by atoms with Crippen LogP contribution in [0.3, 0.4) is 0 Å². The molecule has 9 heteroatoms. The number of carbonyl (C=O) groups is 3. The van der Waals surface area contributed by atoms with Crippen LogP contribution in [0.1, 0.15) is 54.0 Å². The molecule has 0 spiro atoms. The van der Waals surface area contributed by atoms with Gasteiger partial charge in [-0.25, -0.2) is 4.79 Å². The number of hydrogen-bond acceptors (Lipinski definition) is 5. The van der Waals surface area contributed by atoms with Crippen LogP contribution in [0.4, 0.5) is 10.5 Å². The standard InChI is InChI=1S/C18H25N5O4/c1-10(11-3-4-11)21-16(25)12-8-20-13(15(19)24)7-14(12)23-6-5-18(2,9-23)22-17(26)27/h7-8,10-11,22H,3-6,9H2,1-2H3,(H2,19,24)(H,21,25)(H,26,27)/t10-,18?/m0/s1. The molecule has 2 atom stereocenters. The molecule has 1 aromatic heterocycles. The molecule has 146 valence electrons. The van der Waals surface area contributed by atoms with Crippen LogP contribution in [0.2, 0.25) is 0 Å². The minimum atomic E-state index is -1.09. The van der Waals surface area contributed by atoms with Crippen molar-refractivity contribution in [2.24, 2.45) is 11.7 Å². The lowest BCUT2D eigenvalue weighted by molar-refractivity contribution is 0.0933. The van der Waals surface area contributed by atoms with Crippen molar-refractivity contribution in [1.82, 2.24) is 15.6 Å². The number of amides is 3. The molecule has 27 heavy (non-hydrogen) atoms. The van der Waals surface area contributed by atoms with Gasteiger partial charge in [0.15, 0.2) is 0 Å². The number of nitrogens with one attached hydrogen (secondary N) is 2. The molecule has 0 aromatic carbocycles. The lowest BCUT2D eigenvalue weighted by Gasteiger charge is -2.27. The van der Waals surface area contributed by atoms with E-state index in [1.807, 2.05) is 18.7 Å². The number of nitrogens with zero attached hydrogens (tertiary/aromatic N) is 2. The quantitative estimate of drug-likeness (QED) is 0.584. The number of hydrogen-bond donors (Lipinski definition) is 4. The minimum absolute atomic E-state index is 0.0663. The van der Waals surface area contributed by atoms with Gasteiger partial charge in [-0.3, -0.25) is 14.6 Å². The van der Waals surface area contributed by atoms with E-state index in [0.29, 0.717) is 36.7 Å². The van der Waals surface area contributed by atoms with Crippen LogP contribution in [0, 0.1) is 5.92 Å². The molecule has 1 aliphatic heterocycles. The maximum atomic E-state index is 12.8. The van der Waals surface area contributed by atoms with Gasteiger partial charge in [0, 0.05) is 25.3 Å². The van der Waals surface area contributed by atoms with Crippen LogP contribution in [0.5, 0.6) is 0 Å². The molecule has 1 saturated carbocycles. The Morgan fingerprint density at radius 1 is 1.41 bits per heavy atom. The maximum Gasteiger partial charge on any atom is 0.405 e. The van der Waals surface area contributed by atoms with Gasteiger partial charge in [0.1, 0.15) is 5.69 Å². The van der Waals surface area contributed by atoms with Gasteiger partial charge in [-0.2, -0.15) is 0 Å². The van der Waals surface area contributed by atoms with Gasteiger partial charge < -0.3 is 26.4 Å². The molecule has 0 bridgehead atoms. The Bertz CT molecular complexity index is 779. The van der Waals surface area contributed by atoms with E-state index in [-0.39, 0.29) is 17.6 Å². The normalized spacial score (nSPS) is 23.0. The summed E-state index contributed by atoms with van der Waals surface area (Å²) >= 11 is 0. The van der Waals surface area contributed by atoms with Crippen LogP contribution >= 0.6 is 0 Å². The summed E-state index contributed by atoms with van der Waals surface area (Å²) in [4.78, 5) is 41.3. The van der Waals surface area contributed by atoms with E-state index in [0.717, 1.165) is 12.8 Å². The van der Waals surface area contributed by atoms with Crippen LogP contribution in [0.25, 0.3) is 0 Å². The molecule has 2 fully saturated rings. The van der Waals surface area contributed by atoms with E-state index in [9.17, 15) is 14.4 Å². The number of anilines is 1. The number of carbonyl (C=O) groups excluding carboxylic acids is 2. The zero-order valence-corrected chi connectivity index (χ0v) is 15.5. The molecule has 1 saturated heterocycles. The molecular weight excluding hydrogens is 350 g/mol. The third-order valence-corrected chi connectivity index (χ3v) is 5.29. The lowest BCUT2D eigenvalue weighted by atomic mass is 10.0. The second kappa shape index (κ2) is 7.05. The average Bonchev–Trinajstić information content (AvgIpc) is 3.37. The summed E-state index contributed by atoms with van der Waals surface area (Å²) in [6.07, 6.45) is 3.07. The van der Waals surface area contributed by atoms with E-state index in [4.69, 9.17) is 10.8 Å². The molecule has 3 amide bonds. The van der Waals surface area contributed by atoms with Crippen LogP contribution < -0.4 is 21.3 Å². The number of rotatable bonds is 6. The highest BCUT2D eigenvalue weighted by Gasteiger charge is 2.37. The Morgan fingerprint density at radius 2 is 2.11 bits per heavy atom. The summed E-state index contributed by atoms with van der Waals surface area (Å²) in [7, 11) is 0. The van der Waals surface area contributed by atoms with E-state index in [2.05, 4.69) is 15.6 Å². The predicted octanol–water partition coefficient (Wildman–Crippen LogP) is 0.945. The van der Waals surface area contributed by atoms with E-state index >= 15 is 0 Å². The van der Waals surface area contributed by atoms with E-state index < -0.39 is 17.5 Å². The van der Waals surface area contributed by atoms with Gasteiger partial charge in [-0.05, 0) is 45.1 Å². The molecule has 0 radical (unpaired) electrons. The van der Waals surface area contributed by atoms with Crippen molar-refractivity contribution in [1.29, 1.82) is 0 Å². The van der Waals surface area contributed by atoms with Gasteiger partial charge in [0.2, 0.25) is 0 Å². The molecular formula is C18H25N5O4. The molecule has 2 aliphatic rings. The highest BCUT2D eigenvalue weighted by molar-refractivity contribution is 6.01. The largest absolute Gasteiger partial charge is 0.465 e. The summed E-state index contributed by atoms with van der Waals surface area (Å²) in [6.45, 7) is 4.70. The highest BCUT2D eigenvalue weighted by atomic mass is 16.4. The Labute approximate surface area is 157 Å². The third kappa shape index (κ3) is 4.29. The van der Waals surface area contributed by atoms with E-state index in [1.165, 1.54) is 12.3 Å². The van der Waals surface area contributed by atoms with Crippen LogP contribution in [-0.2, 0) is 0 Å². The fraction of sp³-hybridized carbons (Fsp3) is 0.556. The molecule has 1 aromatic rings. The Hall–Kier alpha value is -2.84. The first-order valence-electron chi connectivity index (χ1n) is 9.05. The Balaban J connectivity index is 1.87. The molecule has 1 aliphatic carbocycles. The van der Waals surface area contributed by atoms with Gasteiger partial charge in [-0.1, -0.05) is 0 Å². The molecule has 9 nitrogen and oxygen atoms in total. The molecule has 1 unspecified atom stereocenters. The monoisotopic (exact) mass is 375 g/mol. The summed E-state index contributed by atoms with van der Waals surface area (Å²) < 4.78 is 0. The van der Waals surface area contributed by atoms with Crippen molar-refractivity contribution in [3.63, 3.8) is 0 Å². The fourth-order valence-corrected chi connectivity index (χ4v) is 3.54. The highest BCUT2D eigenvalue weighted by Crippen LogP contribution is 2.33. The van der Waals surface area contributed by atoms with Crippen molar-refractivity contribution >= 4 is 23.6 Å². The second-order valence-corrected chi connectivity index (χ2v) is 7.71. The number of aromatic nitrogens is 1. The maximum absolute atomic E-state index is 12.8. The summed E-state index contributed by atoms with van der Waals surface area (Å²) in [5.74, 6) is -0.432. The van der Waals surface area contributed by atoms with Crippen molar-refractivity contribution in [2.75, 3.05) is 18.0 Å². The third-order valence-electron chi connectivity index (χ3n) is 5.29. The molecule has 3 rings (SSSR count). The zero-order chi connectivity index (χ0) is 19.8.